The maximum atomic E-state index is 10.2. The summed E-state index contributed by atoms with van der Waals surface area (Å²) >= 11 is 0. The zero-order chi connectivity index (χ0) is 7.11. The Bertz CT molecular complexity index is 68.6. The monoisotopic (exact) mass is 128 g/mol. The Kier molecular flexibility index (Phi) is 5.59. The molecule has 54 valence electrons. The van der Waals surface area contributed by atoms with Crippen LogP contribution in [0.4, 0.5) is 0 Å². The average molecular weight is 128 g/mol. The second-order valence-electron chi connectivity index (χ2n) is 2.45. The zero-order valence-electron chi connectivity index (χ0n) is 6.44. The molecule has 0 saturated heterocycles. The molecule has 0 unspecified atom stereocenters. The molecular weight excluding hydrogens is 112 g/mol. The van der Waals surface area contributed by atoms with Crippen LogP contribution >= 0.6 is 0 Å². The second-order valence-corrected chi connectivity index (χ2v) is 2.45. The minimum Gasteiger partial charge on any atom is -0.300 e. The van der Waals surface area contributed by atoms with Crippen LogP contribution in [0.15, 0.2) is 0 Å². The molecular formula is C8H16O. The van der Waals surface area contributed by atoms with E-state index in [1.165, 1.54) is 6.42 Å². The fraction of sp³-hybridized carbons (Fsp3) is 0.875. The molecule has 0 atom stereocenters. The quantitative estimate of drug-likeness (QED) is 0.490. The maximum absolute atomic E-state index is 10.2. The van der Waals surface area contributed by atoms with Gasteiger partial charge in [0.05, 0.1) is 0 Å². The summed E-state index contributed by atoms with van der Waals surface area (Å²) in [6, 6.07) is 0. The van der Waals surface area contributed by atoms with Gasteiger partial charge >= 0.3 is 0 Å². The number of rotatable bonds is 0. The molecule has 0 heterocycles. The average Bonchev–Trinajstić information content (AvgIpc) is 2.20. The first-order valence-electron chi connectivity index (χ1n) is 3.83. The Balaban J connectivity index is 0.000000187. The Morgan fingerprint density at radius 1 is 1.22 bits per heavy atom. The highest BCUT2D eigenvalue weighted by Crippen LogP contribution is 2.11. The van der Waals surface area contributed by atoms with Crippen LogP contribution in [0.25, 0.3) is 0 Å². The fourth-order valence-corrected chi connectivity index (χ4v) is 0.769. The second kappa shape index (κ2) is 5.80. The molecule has 1 rings (SSSR count). The molecule has 1 aliphatic carbocycles. The van der Waals surface area contributed by atoms with E-state index in [9.17, 15) is 4.79 Å². The van der Waals surface area contributed by atoms with E-state index in [1.807, 2.05) is 0 Å². The Morgan fingerprint density at radius 2 is 1.56 bits per heavy atom. The first-order valence-corrected chi connectivity index (χ1v) is 3.83. The SMILES string of the molecule is CCC.O=C1CCCC1. The molecule has 1 saturated carbocycles. The molecule has 0 aliphatic heterocycles. The van der Waals surface area contributed by atoms with Crippen LogP contribution in [0.3, 0.4) is 0 Å². The molecule has 1 heteroatoms. The van der Waals surface area contributed by atoms with E-state index in [-0.39, 0.29) is 0 Å². The minimum atomic E-state index is 0.454. The van der Waals surface area contributed by atoms with E-state index < -0.39 is 0 Å². The molecule has 0 N–H and O–H groups in total. The van der Waals surface area contributed by atoms with Crippen molar-refractivity contribution >= 4 is 5.78 Å². The summed E-state index contributed by atoms with van der Waals surface area (Å²) < 4.78 is 0. The van der Waals surface area contributed by atoms with Gasteiger partial charge in [-0.3, -0.25) is 4.79 Å². The van der Waals surface area contributed by atoms with Crippen molar-refractivity contribution in [2.45, 2.75) is 46.0 Å². The highest BCUT2D eigenvalue weighted by Gasteiger charge is 2.07. The number of Topliss-reactive ketones (excluding diaryl/α,β-unsaturated/α-hetero) is 1. The van der Waals surface area contributed by atoms with Crippen molar-refractivity contribution < 1.29 is 4.79 Å². The molecule has 0 aromatic heterocycles. The highest BCUT2D eigenvalue weighted by molar-refractivity contribution is 5.79. The van der Waals surface area contributed by atoms with E-state index in [4.69, 9.17) is 0 Å². The third-order valence-electron chi connectivity index (χ3n) is 1.16. The summed E-state index contributed by atoms with van der Waals surface area (Å²) in [5.41, 5.74) is 0. The summed E-state index contributed by atoms with van der Waals surface area (Å²) in [5.74, 6) is 0.454. The van der Waals surface area contributed by atoms with E-state index in [1.54, 1.807) is 0 Å². The lowest BCUT2D eigenvalue weighted by molar-refractivity contribution is -0.117. The van der Waals surface area contributed by atoms with Crippen molar-refractivity contribution in [3.8, 4) is 0 Å². The highest BCUT2D eigenvalue weighted by atomic mass is 16.1. The fourth-order valence-electron chi connectivity index (χ4n) is 0.769. The lowest BCUT2D eigenvalue weighted by Gasteiger charge is -1.71. The lowest BCUT2D eigenvalue weighted by atomic mass is 10.4. The van der Waals surface area contributed by atoms with Crippen LogP contribution in [0, 0.1) is 0 Å². The first-order chi connectivity index (χ1) is 4.31. The third-order valence-corrected chi connectivity index (χ3v) is 1.16. The van der Waals surface area contributed by atoms with E-state index in [0.29, 0.717) is 5.78 Å². The van der Waals surface area contributed by atoms with Gasteiger partial charge in [0.25, 0.3) is 0 Å². The molecule has 0 spiro atoms. The number of carbonyl (C=O) groups is 1. The van der Waals surface area contributed by atoms with Crippen molar-refractivity contribution in [3.05, 3.63) is 0 Å². The van der Waals surface area contributed by atoms with Crippen molar-refractivity contribution in [3.63, 3.8) is 0 Å². The Morgan fingerprint density at radius 3 is 1.67 bits per heavy atom. The van der Waals surface area contributed by atoms with E-state index in [2.05, 4.69) is 13.8 Å². The van der Waals surface area contributed by atoms with Crippen molar-refractivity contribution in [2.75, 3.05) is 0 Å². The molecule has 1 nitrogen and oxygen atoms in total. The normalized spacial score (nSPS) is 16.9. The van der Waals surface area contributed by atoms with Crippen molar-refractivity contribution in [1.82, 2.24) is 0 Å². The predicted molar refractivity (Wildman–Crippen MR) is 39.4 cm³/mol. The van der Waals surface area contributed by atoms with E-state index >= 15 is 0 Å². The van der Waals surface area contributed by atoms with Crippen LogP contribution in [-0.4, -0.2) is 5.78 Å². The van der Waals surface area contributed by atoms with Crippen LogP contribution in [-0.2, 0) is 4.79 Å². The predicted octanol–water partition coefficient (Wildman–Crippen LogP) is 2.55. The van der Waals surface area contributed by atoms with Gasteiger partial charge in [-0.25, -0.2) is 0 Å². The van der Waals surface area contributed by atoms with Crippen LogP contribution in [0.5, 0.6) is 0 Å². The van der Waals surface area contributed by atoms with Crippen LogP contribution in [0.1, 0.15) is 46.0 Å². The van der Waals surface area contributed by atoms with Gasteiger partial charge in [-0.2, -0.15) is 0 Å². The number of carbonyl (C=O) groups excluding carboxylic acids is 1. The van der Waals surface area contributed by atoms with Crippen LogP contribution < -0.4 is 0 Å². The lowest BCUT2D eigenvalue weighted by Crippen LogP contribution is -1.81. The van der Waals surface area contributed by atoms with Gasteiger partial charge in [0.2, 0.25) is 0 Å². The van der Waals surface area contributed by atoms with Gasteiger partial charge in [-0.05, 0) is 12.8 Å². The summed E-state index contributed by atoms with van der Waals surface area (Å²) in [6.45, 7) is 4.25. The molecule has 0 aromatic rings. The van der Waals surface area contributed by atoms with Gasteiger partial charge < -0.3 is 0 Å². The molecule has 0 amide bonds. The van der Waals surface area contributed by atoms with Gasteiger partial charge in [-0.1, -0.05) is 20.3 Å². The minimum absolute atomic E-state index is 0.454. The summed E-state index contributed by atoms with van der Waals surface area (Å²) in [6.07, 6.45) is 5.22. The zero-order valence-corrected chi connectivity index (χ0v) is 6.44. The van der Waals surface area contributed by atoms with Crippen LogP contribution in [0.2, 0.25) is 0 Å². The van der Waals surface area contributed by atoms with Gasteiger partial charge in [-0.15, -0.1) is 0 Å². The summed E-state index contributed by atoms with van der Waals surface area (Å²) in [5, 5.41) is 0. The molecule has 9 heavy (non-hydrogen) atoms. The standard InChI is InChI=1S/C5H8O.C3H8/c6-5-3-1-2-4-5;1-3-2/h1-4H2;3H2,1-2H3. The largest absolute Gasteiger partial charge is 0.300 e. The van der Waals surface area contributed by atoms with Gasteiger partial charge in [0.15, 0.2) is 0 Å². The molecule has 0 radical (unpaired) electrons. The van der Waals surface area contributed by atoms with Gasteiger partial charge in [0.1, 0.15) is 5.78 Å². The summed E-state index contributed by atoms with van der Waals surface area (Å²) in [7, 11) is 0. The number of hydrogen-bond donors (Lipinski definition) is 0. The third kappa shape index (κ3) is 5.54. The van der Waals surface area contributed by atoms with E-state index in [0.717, 1.165) is 25.7 Å². The number of ketones is 1. The molecule has 1 fully saturated rings. The number of hydrogen-bond acceptors (Lipinski definition) is 1. The topological polar surface area (TPSA) is 17.1 Å². The molecule has 1 aliphatic rings. The van der Waals surface area contributed by atoms with Crippen molar-refractivity contribution in [2.24, 2.45) is 0 Å². The van der Waals surface area contributed by atoms with Crippen molar-refractivity contribution in [1.29, 1.82) is 0 Å². The Hall–Kier alpha value is -0.330. The Labute approximate surface area is 57.5 Å². The molecule has 0 aromatic carbocycles. The summed E-state index contributed by atoms with van der Waals surface area (Å²) in [4.78, 5) is 10.2. The molecule has 0 bridgehead atoms. The smallest absolute Gasteiger partial charge is 0.132 e. The maximum Gasteiger partial charge on any atom is 0.132 e. The van der Waals surface area contributed by atoms with Gasteiger partial charge in [0, 0.05) is 12.8 Å². The first kappa shape index (κ1) is 8.67.